The van der Waals surface area contributed by atoms with E-state index in [-0.39, 0.29) is 0 Å². The van der Waals surface area contributed by atoms with Gasteiger partial charge < -0.3 is 4.85 Å². The van der Waals surface area contributed by atoms with E-state index in [1.54, 1.807) is 0 Å². The van der Waals surface area contributed by atoms with Gasteiger partial charge in [-0.1, -0.05) is 12.8 Å². The van der Waals surface area contributed by atoms with Crippen LogP contribution in [0.4, 0.5) is 0 Å². The van der Waals surface area contributed by atoms with Crippen molar-refractivity contribution in [1.82, 2.24) is 0 Å². The van der Waals surface area contributed by atoms with Gasteiger partial charge in [-0.15, -0.1) is 0 Å². The zero-order valence-electron chi connectivity index (χ0n) is 5.06. The van der Waals surface area contributed by atoms with Crippen LogP contribution in [-0.2, 0) is 0 Å². The van der Waals surface area contributed by atoms with Gasteiger partial charge in [-0.05, 0) is 12.8 Å². The monoisotopic (exact) mass is 109 g/mol. The second-order valence-corrected chi connectivity index (χ2v) is 2.49. The fourth-order valence-electron chi connectivity index (χ4n) is 1.32. The largest absolute Gasteiger partial charge is 0.317 e. The molecule has 1 aliphatic carbocycles. The molecule has 0 spiro atoms. The summed E-state index contributed by atoms with van der Waals surface area (Å²) < 4.78 is 0. The molecule has 1 heteroatoms. The third kappa shape index (κ3) is 1.23. The van der Waals surface area contributed by atoms with Gasteiger partial charge in [0.2, 0.25) is 6.54 Å². The number of hydrogen-bond acceptors (Lipinski definition) is 0. The lowest BCUT2D eigenvalue weighted by atomic mass is 10.1. The summed E-state index contributed by atoms with van der Waals surface area (Å²) in [4.78, 5) is 3.37. The second kappa shape index (κ2) is 2.71. The summed E-state index contributed by atoms with van der Waals surface area (Å²) in [6.45, 7) is 7.37. The SMILES string of the molecule is [C-]#[N+]CC1CCCC1. The van der Waals surface area contributed by atoms with E-state index in [0.717, 1.165) is 12.5 Å². The predicted octanol–water partition coefficient (Wildman–Crippen LogP) is 2.10. The van der Waals surface area contributed by atoms with Crippen LogP contribution in [0.3, 0.4) is 0 Å². The second-order valence-electron chi connectivity index (χ2n) is 2.49. The topological polar surface area (TPSA) is 4.36 Å². The van der Waals surface area contributed by atoms with Crippen molar-refractivity contribution in [3.8, 4) is 0 Å². The molecule has 1 saturated carbocycles. The summed E-state index contributed by atoms with van der Waals surface area (Å²) in [5.74, 6) is 0.757. The highest BCUT2D eigenvalue weighted by Crippen LogP contribution is 2.24. The lowest BCUT2D eigenvalue weighted by molar-refractivity contribution is 0.595. The lowest BCUT2D eigenvalue weighted by Gasteiger charge is -1.94. The van der Waals surface area contributed by atoms with Crippen molar-refractivity contribution in [3.05, 3.63) is 11.4 Å². The number of rotatable bonds is 1. The van der Waals surface area contributed by atoms with E-state index in [9.17, 15) is 0 Å². The highest BCUT2D eigenvalue weighted by atomic mass is 14.6. The first-order valence-corrected chi connectivity index (χ1v) is 3.26. The third-order valence-corrected chi connectivity index (χ3v) is 1.82. The Hall–Kier alpha value is -0.510. The average Bonchev–Trinajstić information content (AvgIpc) is 2.19. The molecule has 1 rings (SSSR count). The van der Waals surface area contributed by atoms with Crippen LogP contribution in [0, 0.1) is 12.5 Å². The molecule has 0 atom stereocenters. The lowest BCUT2D eigenvalue weighted by Crippen LogP contribution is -1.94. The summed E-state index contributed by atoms with van der Waals surface area (Å²) in [6.07, 6.45) is 5.34. The first kappa shape index (κ1) is 5.62. The van der Waals surface area contributed by atoms with Crippen molar-refractivity contribution >= 4 is 0 Å². The average molecular weight is 109 g/mol. The molecule has 1 aliphatic rings. The van der Waals surface area contributed by atoms with E-state index in [0.29, 0.717) is 0 Å². The van der Waals surface area contributed by atoms with Gasteiger partial charge in [0.05, 0.1) is 0 Å². The Morgan fingerprint density at radius 2 is 2.00 bits per heavy atom. The van der Waals surface area contributed by atoms with E-state index < -0.39 is 0 Å². The Morgan fingerprint density at radius 3 is 2.50 bits per heavy atom. The summed E-state index contributed by atoms with van der Waals surface area (Å²) >= 11 is 0. The molecule has 1 nitrogen and oxygen atoms in total. The van der Waals surface area contributed by atoms with Crippen molar-refractivity contribution < 1.29 is 0 Å². The Morgan fingerprint density at radius 1 is 1.38 bits per heavy atom. The molecule has 0 aromatic rings. The molecule has 0 saturated heterocycles. The van der Waals surface area contributed by atoms with E-state index in [4.69, 9.17) is 6.57 Å². The van der Waals surface area contributed by atoms with Crippen molar-refractivity contribution in [2.24, 2.45) is 5.92 Å². The van der Waals surface area contributed by atoms with Gasteiger partial charge in [0.15, 0.2) is 0 Å². The Labute approximate surface area is 50.5 Å². The minimum absolute atomic E-state index is 0.757. The van der Waals surface area contributed by atoms with Crippen LogP contribution in [0.5, 0.6) is 0 Å². The molecule has 0 aliphatic heterocycles. The molecule has 0 N–H and O–H groups in total. The normalized spacial score (nSPS) is 20.9. The van der Waals surface area contributed by atoms with Gasteiger partial charge in [0.25, 0.3) is 0 Å². The standard InChI is InChI=1S/C7H11N/c1-8-6-7-4-2-3-5-7/h7H,2-6H2. The summed E-state index contributed by atoms with van der Waals surface area (Å²) in [7, 11) is 0. The van der Waals surface area contributed by atoms with Crippen LogP contribution < -0.4 is 0 Å². The van der Waals surface area contributed by atoms with E-state index >= 15 is 0 Å². The number of nitrogens with zero attached hydrogens (tertiary/aromatic N) is 1. The van der Waals surface area contributed by atoms with Crippen LogP contribution in [0.1, 0.15) is 25.7 Å². The van der Waals surface area contributed by atoms with Gasteiger partial charge in [-0.25, -0.2) is 6.57 Å². The van der Waals surface area contributed by atoms with Crippen molar-refractivity contribution in [2.45, 2.75) is 25.7 Å². The highest BCUT2D eigenvalue weighted by molar-refractivity contribution is 4.74. The minimum Gasteiger partial charge on any atom is -0.317 e. The van der Waals surface area contributed by atoms with Crippen LogP contribution in [0.2, 0.25) is 0 Å². The van der Waals surface area contributed by atoms with Crippen LogP contribution in [0.15, 0.2) is 0 Å². The van der Waals surface area contributed by atoms with E-state index in [1.807, 2.05) is 0 Å². The maximum absolute atomic E-state index is 6.59. The first-order valence-electron chi connectivity index (χ1n) is 3.26. The zero-order valence-corrected chi connectivity index (χ0v) is 5.06. The Kier molecular flexibility index (Phi) is 1.91. The molecule has 0 radical (unpaired) electrons. The Bertz CT molecular complexity index is 95.4. The van der Waals surface area contributed by atoms with Gasteiger partial charge in [-0.3, -0.25) is 0 Å². The van der Waals surface area contributed by atoms with E-state index in [2.05, 4.69) is 4.85 Å². The molecule has 8 heavy (non-hydrogen) atoms. The molecule has 0 unspecified atom stereocenters. The van der Waals surface area contributed by atoms with Crippen LogP contribution in [-0.4, -0.2) is 6.54 Å². The Balaban J connectivity index is 2.17. The van der Waals surface area contributed by atoms with Crippen LogP contribution in [0.25, 0.3) is 4.85 Å². The first-order chi connectivity index (χ1) is 3.93. The fraction of sp³-hybridized carbons (Fsp3) is 0.857. The molecule has 0 amide bonds. The predicted molar refractivity (Wildman–Crippen MR) is 33.4 cm³/mol. The zero-order chi connectivity index (χ0) is 5.82. The van der Waals surface area contributed by atoms with Gasteiger partial charge in [0.1, 0.15) is 0 Å². The maximum atomic E-state index is 6.59. The van der Waals surface area contributed by atoms with Crippen LogP contribution >= 0.6 is 0 Å². The molecule has 44 valence electrons. The molecule has 0 aromatic carbocycles. The van der Waals surface area contributed by atoms with E-state index in [1.165, 1.54) is 25.7 Å². The molecule has 0 aromatic heterocycles. The van der Waals surface area contributed by atoms with Crippen molar-refractivity contribution in [2.75, 3.05) is 6.54 Å². The molecule has 0 heterocycles. The van der Waals surface area contributed by atoms with Crippen molar-refractivity contribution in [3.63, 3.8) is 0 Å². The van der Waals surface area contributed by atoms with Crippen molar-refractivity contribution in [1.29, 1.82) is 0 Å². The maximum Gasteiger partial charge on any atom is 0.217 e. The summed E-state index contributed by atoms with van der Waals surface area (Å²) in [6, 6.07) is 0. The van der Waals surface area contributed by atoms with Gasteiger partial charge in [0, 0.05) is 5.92 Å². The summed E-state index contributed by atoms with van der Waals surface area (Å²) in [5, 5.41) is 0. The molecular weight excluding hydrogens is 98.1 g/mol. The quantitative estimate of drug-likeness (QED) is 0.454. The van der Waals surface area contributed by atoms with Gasteiger partial charge in [-0.2, -0.15) is 0 Å². The molecular formula is C7H11N. The number of hydrogen-bond donors (Lipinski definition) is 0. The smallest absolute Gasteiger partial charge is 0.217 e. The third-order valence-electron chi connectivity index (χ3n) is 1.82. The van der Waals surface area contributed by atoms with Gasteiger partial charge >= 0.3 is 0 Å². The molecule has 0 bridgehead atoms. The molecule has 1 fully saturated rings. The summed E-state index contributed by atoms with van der Waals surface area (Å²) in [5.41, 5.74) is 0. The highest BCUT2D eigenvalue weighted by Gasteiger charge is 2.16. The minimum atomic E-state index is 0.757. The fourth-order valence-corrected chi connectivity index (χ4v) is 1.32.